The molecule has 2 N–H and O–H groups in total. The SMILES string of the molecule is C[C@@H](Nc1cccnc1)C(=O)O.Cl. The van der Waals surface area contributed by atoms with Gasteiger partial charge in [-0.2, -0.15) is 0 Å². The van der Waals surface area contributed by atoms with Gasteiger partial charge in [-0.1, -0.05) is 0 Å². The maximum atomic E-state index is 10.4. The number of carboxylic acid groups (broad SMARTS) is 1. The van der Waals surface area contributed by atoms with E-state index in [-0.39, 0.29) is 12.4 Å². The lowest BCUT2D eigenvalue weighted by Crippen LogP contribution is -2.25. The van der Waals surface area contributed by atoms with Crippen molar-refractivity contribution in [2.45, 2.75) is 13.0 Å². The normalized spacial score (nSPS) is 11.2. The number of anilines is 1. The lowest BCUT2D eigenvalue weighted by molar-refractivity contribution is -0.137. The number of aliphatic carboxylic acids is 1. The summed E-state index contributed by atoms with van der Waals surface area (Å²) in [6.07, 6.45) is 3.22. The summed E-state index contributed by atoms with van der Waals surface area (Å²) in [6.45, 7) is 1.58. The Morgan fingerprint density at radius 3 is 2.85 bits per heavy atom. The van der Waals surface area contributed by atoms with Gasteiger partial charge in [-0.05, 0) is 19.1 Å². The lowest BCUT2D eigenvalue weighted by atomic mass is 10.3. The van der Waals surface area contributed by atoms with Crippen molar-refractivity contribution in [1.82, 2.24) is 4.98 Å². The fourth-order valence-electron chi connectivity index (χ4n) is 0.760. The summed E-state index contributed by atoms with van der Waals surface area (Å²) in [7, 11) is 0. The van der Waals surface area contributed by atoms with Crippen molar-refractivity contribution < 1.29 is 9.90 Å². The number of aromatic nitrogens is 1. The van der Waals surface area contributed by atoms with Crippen LogP contribution in [-0.4, -0.2) is 22.1 Å². The number of pyridine rings is 1. The van der Waals surface area contributed by atoms with Crippen LogP contribution < -0.4 is 5.32 Å². The maximum Gasteiger partial charge on any atom is 0.325 e. The number of hydrogen-bond acceptors (Lipinski definition) is 3. The van der Waals surface area contributed by atoms with Crippen LogP contribution in [0.25, 0.3) is 0 Å². The fourth-order valence-corrected chi connectivity index (χ4v) is 0.760. The standard InChI is InChI=1S/C8H10N2O2.ClH/c1-6(8(11)12)10-7-3-2-4-9-5-7;/h2-6,10H,1H3,(H,11,12);1H/t6-;/m1./s1. The first kappa shape index (κ1) is 11.7. The predicted molar refractivity (Wildman–Crippen MR) is 52.2 cm³/mol. The molecule has 0 spiro atoms. The molecule has 0 saturated carbocycles. The Bertz CT molecular complexity index is 266. The summed E-state index contributed by atoms with van der Waals surface area (Å²) in [5, 5.41) is 11.3. The van der Waals surface area contributed by atoms with Crippen LogP contribution in [0.4, 0.5) is 5.69 Å². The second kappa shape index (κ2) is 5.37. The molecule has 72 valence electrons. The second-order valence-corrected chi connectivity index (χ2v) is 2.45. The van der Waals surface area contributed by atoms with Gasteiger partial charge < -0.3 is 10.4 Å². The second-order valence-electron chi connectivity index (χ2n) is 2.45. The third-order valence-electron chi connectivity index (χ3n) is 1.42. The zero-order valence-electron chi connectivity index (χ0n) is 7.10. The van der Waals surface area contributed by atoms with E-state index in [4.69, 9.17) is 5.11 Å². The van der Waals surface area contributed by atoms with E-state index in [0.29, 0.717) is 5.69 Å². The molecule has 0 amide bonds. The molecule has 0 aliphatic heterocycles. The number of nitrogens with one attached hydrogen (secondary N) is 1. The van der Waals surface area contributed by atoms with Gasteiger partial charge in [0.1, 0.15) is 6.04 Å². The van der Waals surface area contributed by atoms with E-state index in [9.17, 15) is 4.79 Å². The van der Waals surface area contributed by atoms with Crippen LogP contribution in [0.5, 0.6) is 0 Å². The van der Waals surface area contributed by atoms with Crippen molar-refractivity contribution in [3.8, 4) is 0 Å². The van der Waals surface area contributed by atoms with Gasteiger partial charge in [0.05, 0.1) is 5.69 Å². The highest BCUT2D eigenvalue weighted by Crippen LogP contribution is 2.04. The van der Waals surface area contributed by atoms with Gasteiger partial charge >= 0.3 is 5.97 Å². The lowest BCUT2D eigenvalue weighted by Gasteiger charge is -2.08. The molecular formula is C8H11ClN2O2. The van der Waals surface area contributed by atoms with Gasteiger partial charge in [0.25, 0.3) is 0 Å². The molecule has 1 atom stereocenters. The number of rotatable bonds is 3. The maximum absolute atomic E-state index is 10.4. The Morgan fingerprint density at radius 2 is 2.38 bits per heavy atom. The van der Waals surface area contributed by atoms with Crippen molar-refractivity contribution >= 4 is 24.1 Å². The van der Waals surface area contributed by atoms with Gasteiger partial charge in [0, 0.05) is 12.4 Å². The van der Waals surface area contributed by atoms with Gasteiger partial charge in [-0.15, -0.1) is 12.4 Å². The molecule has 5 heteroatoms. The molecule has 1 rings (SSSR count). The summed E-state index contributed by atoms with van der Waals surface area (Å²) in [6, 6.07) is 2.93. The first-order chi connectivity index (χ1) is 5.70. The average Bonchev–Trinajstić information content (AvgIpc) is 2.06. The Kier molecular flexibility index (Phi) is 4.84. The molecule has 1 aromatic rings. The number of carbonyl (C=O) groups is 1. The molecule has 0 bridgehead atoms. The van der Waals surface area contributed by atoms with Crippen molar-refractivity contribution in [3.05, 3.63) is 24.5 Å². The molecule has 0 radical (unpaired) electrons. The van der Waals surface area contributed by atoms with E-state index in [1.165, 1.54) is 0 Å². The number of carboxylic acids is 1. The quantitative estimate of drug-likeness (QED) is 0.778. The summed E-state index contributed by atoms with van der Waals surface area (Å²) in [5.41, 5.74) is 0.715. The summed E-state index contributed by atoms with van der Waals surface area (Å²) >= 11 is 0. The Labute approximate surface area is 82.4 Å². The Morgan fingerprint density at radius 1 is 1.69 bits per heavy atom. The number of nitrogens with zero attached hydrogens (tertiary/aromatic N) is 1. The molecule has 0 fully saturated rings. The van der Waals surface area contributed by atoms with E-state index in [1.807, 2.05) is 0 Å². The highest BCUT2D eigenvalue weighted by molar-refractivity contribution is 5.85. The zero-order valence-corrected chi connectivity index (χ0v) is 7.91. The van der Waals surface area contributed by atoms with E-state index in [2.05, 4.69) is 10.3 Å². The third-order valence-corrected chi connectivity index (χ3v) is 1.42. The van der Waals surface area contributed by atoms with Gasteiger partial charge in [-0.25, -0.2) is 0 Å². The molecule has 0 aliphatic carbocycles. The first-order valence-electron chi connectivity index (χ1n) is 3.59. The molecule has 0 saturated heterocycles. The molecule has 13 heavy (non-hydrogen) atoms. The molecular weight excluding hydrogens is 192 g/mol. The van der Waals surface area contributed by atoms with Crippen molar-refractivity contribution in [2.75, 3.05) is 5.32 Å². The number of halogens is 1. The topological polar surface area (TPSA) is 62.2 Å². The Balaban J connectivity index is 0.00000144. The van der Waals surface area contributed by atoms with Crippen molar-refractivity contribution in [3.63, 3.8) is 0 Å². The van der Waals surface area contributed by atoms with Crippen LogP contribution in [0.15, 0.2) is 24.5 Å². The third kappa shape index (κ3) is 3.75. The number of hydrogen-bond donors (Lipinski definition) is 2. The van der Waals surface area contributed by atoms with E-state index in [0.717, 1.165) is 0 Å². The average molecular weight is 203 g/mol. The van der Waals surface area contributed by atoms with Crippen LogP contribution in [0.2, 0.25) is 0 Å². The van der Waals surface area contributed by atoms with Crippen LogP contribution in [0.1, 0.15) is 6.92 Å². The van der Waals surface area contributed by atoms with E-state index >= 15 is 0 Å². The van der Waals surface area contributed by atoms with Crippen LogP contribution >= 0.6 is 12.4 Å². The van der Waals surface area contributed by atoms with Crippen LogP contribution in [0.3, 0.4) is 0 Å². The molecule has 0 aliphatic rings. The highest BCUT2D eigenvalue weighted by atomic mass is 35.5. The van der Waals surface area contributed by atoms with Crippen LogP contribution in [0, 0.1) is 0 Å². The minimum Gasteiger partial charge on any atom is -0.480 e. The van der Waals surface area contributed by atoms with Crippen LogP contribution in [-0.2, 0) is 4.79 Å². The largest absolute Gasteiger partial charge is 0.480 e. The first-order valence-corrected chi connectivity index (χ1v) is 3.59. The minimum absolute atomic E-state index is 0. The van der Waals surface area contributed by atoms with E-state index in [1.54, 1.807) is 31.5 Å². The Hall–Kier alpha value is -1.29. The predicted octanol–water partition coefficient (Wildman–Crippen LogP) is 1.39. The molecule has 0 aromatic carbocycles. The molecule has 0 unspecified atom stereocenters. The summed E-state index contributed by atoms with van der Waals surface area (Å²) < 4.78 is 0. The minimum atomic E-state index is -0.876. The van der Waals surface area contributed by atoms with E-state index < -0.39 is 12.0 Å². The molecule has 1 heterocycles. The smallest absolute Gasteiger partial charge is 0.325 e. The highest BCUT2D eigenvalue weighted by Gasteiger charge is 2.08. The van der Waals surface area contributed by atoms with Crippen molar-refractivity contribution in [2.24, 2.45) is 0 Å². The monoisotopic (exact) mass is 202 g/mol. The molecule has 4 nitrogen and oxygen atoms in total. The van der Waals surface area contributed by atoms with Gasteiger partial charge in [0.2, 0.25) is 0 Å². The van der Waals surface area contributed by atoms with Gasteiger partial charge in [-0.3, -0.25) is 9.78 Å². The zero-order chi connectivity index (χ0) is 8.97. The summed E-state index contributed by atoms with van der Waals surface area (Å²) in [4.78, 5) is 14.3. The van der Waals surface area contributed by atoms with Gasteiger partial charge in [0.15, 0.2) is 0 Å². The fraction of sp³-hybridized carbons (Fsp3) is 0.250. The molecule has 1 aromatic heterocycles. The summed E-state index contributed by atoms with van der Waals surface area (Å²) in [5.74, 6) is -0.876. The van der Waals surface area contributed by atoms with Crippen molar-refractivity contribution in [1.29, 1.82) is 0 Å².